The lowest BCUT2D eigenvalue weighted by atomic mass is 10.1. The van der Waals surface area contributed by atoms with E-state index in [-0.39, 0.29) is 19.0 Å². The van der Waals surface area contributed by atoms with Gasteiger partial charge in [0.05, 0.1) is 12.4 Å². The third-order valence-corrected chi connectivity index (χ3v) is 7.25. The van der Waals surface area contributed by atoms with E-state index in [4.69, 9.17) is 9.94 Å². The molecule has 0 aliphatic rings. The number of pyridine rings is 1. The van der Waals surface area contributed by atoms with Gasteiger partial charge in [-0.25, -0.2) is 28.3 Å². The number of ether oxygens (including phenoxy) is 1. The second-order valence-corrected chi connectivity index (χ2v) is 9.90. The molecule has 1 amide bonds. The summed E-state index contributed by atoms with van der Waals surface area (Å²) >= 11 is 0. The molecule has 0 bridgehead atoms. The fourth-order valence-electron chi connectivity index (χ4n) is 2.97. The number of rotatable bonds is 8. The molecular weight excluding hydrogens is 455 g/mol. The molecule has 0 radical (unpaired) electrons. The van der Waals surface area contributed by atoms with Gasteiger partial charge in [-0.2, -0.15) is 0 Å². The van der Waals surface area contributed by atoms with E-state index in [0.29, 0.717) is 16.9 Å². The van der Waals surface area contributed by atoms with Gasteiger partial charge in [0, 0.05) is 25.1 Å². The molecule has 0 aliphatic heterocycles. The Labute approximate surface area is 188 Å². The molecule has 3 aromatic rings. The number of aromatic nitrogens is 3. The Morgan fingerprint density at radius 3 is 2.36 bits per heavy atom. The summed E-state index contributed by atoms with van der Waals surface area (Å²) in [5, 5.41) is 8.90. The molecule has 2 N–H and O–H groups in total. The van der Waals surface area contributed by atoms with E-state index in [1.54, 1.807) is 30.3 Å². The minimum atomic E-state index is -3.87. The maximum Gasteiger partial charge on any atom is 0.322 e. The number of carbonyl (C=O) groups is 1. The van der Waals surface area contributed by atoms with Crippen LogP contribution in [0.3, 0.4) is 0 Å². The zero-order valence-electron chi connectivity index (χ0n) is 17.7. The van der Waals surface area contributed by atoms with Gasteiger partial charge in [-0.1, -0.05) is 12.1 Å². The van der Waals surface area contributed by atoms with E-state index < -0.39 is 31.9 Å². The number of benzene rings is 1. The van der Waals surface area contributed by atoms with Crippen molar-refractivity contribution < 1.29 is 27.5 Å². The normalized spacial score (nSPS) is 13.2. The fourth-order valence-corrected chi connectivity index (χ4v) is 3.81. The summed E-state index contributed by atoms with van der Waals surface area (Å²) in [4.78, 5) is 31.9. The number of carbonyl (C=O) groups excluding carboxylic acids is 1. The van der Waals surface area contributed by atoms with E-state index in [9.17, 15) is 22.4 Å². The maximum atomic E-state index is 12.9. The molecule has 174 valence electrons. The van der Waals surface area contributed by atoms with Crippen LogP contribution >= 0.6 is 0 Å². The Kier molecular flexibility index (Phi) is 6.89. The van der Waals surface area contributed by atoms with Crippen molar-refractivity contribution in [2.75, 3.05) is 6.26 Å². The van der Waals surface area contributed by atoms with Crippen LogP contribution in [-0.2, 0) is 21.2 Å². The molecule has 0 aliphatic carbocycles. The number of hydrogen-bond donors (Lipinski definition) is 2. The number of nitrogens with zero attached hydrogens (tertiary/aromatic N) is 3. The molecule has 1 aromatic carbocycles. The Bertz CT molecular complexity index is 1310. The number of aryl methyl sites for hydroxylation is 1. The minimum absolute atomic E-state index is 0.0114. The molecule has 3 rings (SSSR count). The van der Waals surface area contributed by atoms with Gasteiger partial charge in [0.2, 0.25) is 0 Å². The summed E-state index contributed by atoms with van der Waals surface area (Å²) < 4.78 is 41.8. The van der Waals surface area contributed by atoms with Crippen molar-refractivity contribution >= 4 is 15.7 Å². The van der Waals surface area contributed by atoms with Crippen LogP contribution in [0.4, 0.5) is 4.39 Å². The summed E-state index contributed by atoms with van der Waals surface area (Å²) in [6.45, 7) is 1.13. The highest BCUT2D eigenvalue weighted by molar-refractivity contribution is 7.92. The predicted octanol–water partition coefficient (Wildman–Crippen LogP) is 1.94. The molecule has 0 saturated carbocycles. The van der Waals surface area contributed by atoms with Crippen LogP contribution < -0.4 is 15.8 Å². The van der Waals surface area contributed by atoms with Crippen LogP contribution in [0, 0.1) is 5.82 Å². The quantitative estimate of drug-likeness (QED) is 0.371. The molecule has 2 heterocycles. The summed E-state index contributed by atoms with van der Waals surface area (Å²) in [5.74, 6) is -1.23. The molecule has 0 fully saturated rings. The molecule has 10 nitrogen and oxygen atoms in total. The second kappa shape index (κ2) is 9.46. The topological polar surface area (TPSA) is 140 Å². The van der Waals surface area contributed by atoms with Crippen molar-refractivity contribution in [3.05, 3.63) is 71.2 Å². The van der Waals surface area contributed by atoms with Crippen molar-refractivity contribution in [3.63, 3.8) is 0 Å². The Hall–Kier alpha value is -3.64. The van der Waals surface area contributed by atoms with Crippen molar-refractivity contribution in [1.29, 1.82) is 0 Å². The maximum absolute atomic E-state index is 12.9. The van der Waals surface area contributed by atoms with E-state index in [1.807, 2.05) is 0 Å². The van der Waals surface area contributed by atoms with Gasteiger partial charge >= 0.3 is 6.01 Å². The highest BCUT2D eigenvalue weighted by Gasteiger charge is 2.43. The molecule has 0 saturated heterocycles. The predicted molar refractivity (Wildman–Crippen MR) is 116 cm³/mol. The van der Waals surface area contributed by atoms with Crippen LogP contribution in [0.15, 0.2) is 59.8 Å². The molecule has 12 heteroatoms. The number of halogens is 1. The van der Waals surface area contributed by atoms with Gasteiger partial charge in [0.25, 0.3) is 11.5 Å². The number of nitrogens with one attached hydrogen (secondary N) is 1. The summed E-state index contributed by atoms with van der Waals surface area (Å²) in [6, 6.07) is 9.74. The average molecular weight is 476 g/mol. The van der Waals surface area contributed by atoms with E-state index in [2.05, 4.69) is 9.97 Å². The van der Waals surface area contributed by atoms with Gasteiger partial charge in [-0.3, -0.25) is 14.8 Å². The zero-order valence-corrected chi connectivity index (χ0v) is 18.5. The smallest absolute Gasteiger partial charge is 0.322 e. The monoisotopic (exact) mass is 476 g/mol. The average Bonchev–Trinajstić information content (AvgIpc) is 2.78. The highest BCUT2D eigenvalue weighted by atomic mass is 32.2. The minimum Gasteiger partial charge on any atom is -0.424 e. The molecule has 0 unspecified atom stereocenters. The lowest BCUT2D eigenvalue weighted by Gasteiger charge is -2.25. The van der Waals surface area contributed by atoms with Crippen molar-refractivity contribution in [3.8, 4) is 22.9 Å². The molecule has 2 aromatic heterocycles. The highest BCUT2D eigenvalue weighted by Crippen LogP contribution is 2.25. The van der Waals surface area contributed by atoms with Gasteiger partial charge in [0.15, 0.2) is 20.4 Å². The van der Waals surface area contributed by atoms with Crippen LogP contribution in [0.2, 0.25) is 0 Å². The van der Waals surface area contributed by atoms with Crippen LogP contribution in [0.1, 0.15) is 13.3 Å². The van der Waals surface area contributed by atoms with E-state index in [0.717, 1.165) is 18.6 Å². The zero-order chi connectivity index (χ0) is 24.2. The summed E-state index contributed by atoms with van der Waals surface area (Å²) in [7, 11) is -3.87. The van der Waals surface area contributed by atoms with E-state index >= 15 is 0 Å². The first-order valence-electron chi connectivity index (χ1n) is 9.64. The Morgan fingerprint density at radius 1 is 1.18 bits per heavy atom. The first-order valence-corrected chi connectivity index (χ1v) is 11.5. The van der Waals surface area contributed by atoms with Gasteiger partial charge < -0.3 is 9.30 Å². The number of hydroxylamine groups is 1. The van der Waals surface area contributed by atoms with Gasteiger partial charge in [-0.05, 0) is 42.7 Å². The number of sulfone groups is 1. The lowest BCUT2D eigenvalue weighted by molar-refractivity contribution is -0.131. The van der Waals surface area contributed by atoms with Gasteiger partial charge in [-0.15, -0.1) is 0 Å². The fraction of sp³-hybridized carbons (Fsp3) is 0.238. The molecular formula is C21H21FN4O6S. The van der Waals surface area contributed by atoms with E-state index in [1.165, 1.54) is 29.2 Å². The molecule has 33 heavy (non-hydrogen) atoms. The van der Waals surface area contributed by atoms with Crippen molar-refractivity contribution in [2.45, 2.75) is 24.6 Å². The number of hydrogen-bond acceptors (Lipinski definition) is 8. The first kappa shape index (κ1) is 24.0. The Morgan fingerprint density at radius 2 is 1.82 bits per heavy atom. The van der Waals surface area contributed by atoms with Crippen molar-refractivity contribution in [1.82, 2.24) is 20.0 Å². The standard InChI is InChI=1S/C21H21FN4O6S/c1-21(19(28)25-29,33(2,30)31)8-10-26-9-7-15(11-18(26)27)14-3-5-17(6-4-14)32-20-23-12-16(22)13-24-20/h3-7,9,11-13,29H,8,10H2,1-2H3,(H,25,28)/t21-/m1/s1. The summed E-state index contributed by atoms with van der Waals surface area (Å²) in [6.07, 6.45) is 4.15. The van der Waals surface area contributed by atoms with Crippen molar-refractivity contribution in [2.24, 2.45) is 0 Å². The third kappa shape index (κ3) is 5.41. The molecule has 1 atom stereocenters. The SMILES string of the molecule is C[C@@](CCn1ccc(-c2ccc(Oc3ncc(F)cn3)cc2)cc1=O)(C(=O)NO)S(C)(=O)=O. The van der Waals surface area contributed by atoms with Crippen LogP contribution in [-0.4, -0.2) is 45.1 Å². The van der Waals surface area contributed by atoms with Crippen LogP contribution in [0.5, 0.6) is 11.8 Å². The first-order chi connectivity index (χ1) is 15.5. The molecule has 0 spiro atoms. The Balaban J connectivity index is 1.74. The largest absolute Gasteiger partial charge is 0.424 e. The lowest BCUT2D eigenvalue weighted by Crippen LogP contribution is -2.49. The third-order valence-electron chi connectivity index (χ3n) is 5.22. The number of amides is 1. The van der Waals surface area contributed by atoms with Crippen LogP contribution in [0.25, 0.3) is 11.1 Å². The summed E-state index contributed by atoms with van der Waals surface area (Å²) in [5.41, 5.74) is 2.31. The van der Waals surface area contributed by atoms with Gasteiger partial charge in [0.1, 0.15) is 5.75 Å². The second-order valence-electron chi connectivity index (χ2n) is 7.45.